The largest absolute Gasteiger partial charge is 0.350 e. The van der Waals surface area contributed by atoms with Crippen LogP contribution in [0.25, 0.3) is 0 Å². The molecular weight excluding hydrogens is 368 g/mol. The van der Waals surface area contributed by atoms with Crippen molar-refractivity contribution in [1.29, 1.82) is 0 Å². The molecule has 1 N–H and O–H groups in total. The number of likely N-dealkylation sites (N-methyl/N-ethyl adjacent to an activating group) is 1. The summed E-state index contributed by atoms with van der Waals surface area (Å²) in [6, 6.07) is 17.5. The molecule has 3 aromatic rings. The summed E-state index contributed by atoms with van der Waals surface area (Å²) in [7, 11) is 1.84. The second-order valence-corrected chi connectivity index (χ2v) is 7.08. The molecule has 3 rings (SSSR count). The molecule has 0 aliphatic heterocycles. The summed E-state index contributed by atoms with van der Waals surface area (Å²) < 4.78 is 4.38. The van der Waals surface area contributed by atoms with Gasteiger partial charge in [0.05, 0.1) is 6.54 Å². The zero-order valence-electron chi connectivity index (χ0n) is 14.4. The lowest BCUT2D eigenvalue weighted by Gasteiger charge is -2.14. The highest BCUT2D eigenvalue weighted by atomic mass is 35.5. The van der Waals surface area contributed by atoms with Gasteiger partial charge in [-0.15, -0.1) is 0 Å². The lowest BCUT2D eigenvalue weighted by atomic mass is 10.1. The third-order valence-electron chi connectivity index (χ3n) is 3.77. The monoisotopic (exact) mass is 386 g/mol. The van der Waals surface area contributed by atoms with Crippen LogP contribution in [0.1, 0.15) is 17.0 Å². The van der Waals surface area contributed by atoms with E-state index in [0.29, 0.717) is 18.0 Å². The number of hydrogen-bond acceptors (Lipinski definition) is 5. The normalized spacial score (nSPS) is 10.5. The van der Waals surface area contributed by atoms with Crippen LogP contribution in [-0.2, 0) is 17.8 Å². The Labute approximate surface area is 161 Å². The Morgan fingerprint density at radius 1 is 1.12 bits per heavy atom. The van der Waals surface area contributed by atoms with Crippen LogP contribution in [0, 0.1) is 0 Å². The van der Waals surface area contributed by atoms with Gasteiger partial charge in [0.1, 0.15) is 5.82 Å². The molecule has 5 nitrogen and oxygen atoms in total. The van der Waals surface area contributed by atoms with Crippen LogP contribution in [0.5, 0.6) is 0 Å². The molecule has 0 saturated heterocycles. The van der Waals surface area contributed by atoms with E-state index < -0.39 is 0 Å². The van der Waals surface area contributed by atoms with Gasteiger partial charge in [-0.25, -0.2) is 4.98 Å². The van der Waals surface area contributed by atoms with E-state index in [0.717, 1.165) is 22.1 Å². The van der Waals surface area contributed by atoms with Crippen molar-refractivity contribution in [3.8, 4) is 0 Å². The van der Waals surface area contributed by atoms with Crippen molar-refractivity contribution in [3.63, 3.8) is 0 Å². The predicted molar refractivity (Wildman–Crippen MR) is 106 cm³/mol. The van der Waals surface area contributed by atoms with E-state index in [1.807, 2.05) is 66.5 Å². The number of anilines is 1. The van der Waals surface area contributed by atoms with Crippen LogP contribution >= 0.6 is 23.1 Å². The van der Waals surface area contributed by atoms with Gasteiger partial charge in [-0.3, -0.25) is 4.79 Å². The Bertz CT molecular complexity index is 851. The number of benzene rings is 2. The number of aromatic nitrogens is 2. The standard InChI is InChI=1S/C19H19ClN4OS/c1-24(13-18(25)21-12-15-5-3-2-4-6-15)19-22-17(23-26-19)11-14-7-9-16(20)10-8-14/h2-10H,11-13H2,1H3,(H,21,25). The Morgan fingerprint density at radius 2 is 1.85 bits per heavy atom. The molecule has 0 aliphatic carbocycles. The molecule has 26 heavy (non-hydrogen) atoms. The topological polar surface area (TPSA) is 58.1 Å². The Balaban J connectivity index is 1.51. The summed E-state index contributed by atoms with van der Waals surface area (Å²) in [6.07, 6.45) is 0.641. The number of amides is 1. The average molecular weight is 387 g/mol. The third kappa shape index (κ3) is 5.28. The maximum Gasteiger partial charge on any atom is 0.239 e. The highest BCUT2D eigenvalue weighted by molar-refractivity contribution is 7.09. The quantitative estimate of drug-likeness (QED) is 0.674. The second-order valence-electron chi connectivity index (χ2n) is 5.91. The van der Waals surface area contributed by atoms with Crippen molar-refractivity contribution in [2.24, 2.45) is 0 Å². The number of carbonyl (C=O) groups is 1. The fraction of sp³-hybridized carbons (Fsp3) is 0.211. The van der Waals surface area contributed by atoms with E-state index >= 15 is 0 Å². The molecule has 2 aromatic carbocycles. The first-order valence-electron chi connectivity index (χ1n) is 8.19. The zero-order chi connectivity index (χ0) is 18.4. The number of halogens is 1. The average Bonchev–Trinajstić information content (AvgIpc) is 3.11. The lowest BCUT2D eigenvalue weighted by Crippen LogP contribution is -2.34. The first-order chi connectivity index (χ1) is 12.6. The molecule has 134 valence electrons. The van der Waals surface area contributed by atoms with Crippen molar-refractivity contribution in [1.82, 2.24) is 14.7 Å². The number of nitrogens with one attached hydrogen (secondary N) is 1. The SMILES string of the molecule is CN(CC(=O)NCc1ccccc1)c1nc(Cc2ccc(Cl)cc2)ns1. The van der Waals surface area contributed by atoms with Gasteiger partial charge >= 0.3 is 0 Å². The van der Waals surface area contributed by atoms with E-state index in [1.54, 1.807) is 0 Å². The molecule has 0 radical (unpaired) electrons. The second kappa shape index (κ2) is 8.78. The molecule has 1 aromatic heterocycles. The lowest BCUT2D eigenvalue weighted by molar-refractivity contribution is -0.119. The first-order valence-corrected chi connectivity index (χ1v) is 9.34. The number of carbonyl (C=O) groups excluding carboxylic acids is 1. The van der Waals surface area contributed by atoms with Crippen molar-refractivity contribution >= 4 is 34.2 Å². The van der Waals surface area contributed by atoms with Gasteiger partial charge in [-0.2, -0.15) is 4.37 Å². The van der Waals surface area contributed by atoms with E-state index in [4.69, 9.17) is 11.6 Å². The fourth-order valence-electron chi connectivity index (χ4n) is 2.39. The van der Waals surface area contributed by atoms with Crippen molar-refractivity contribution in [3.05, 3.63) is 76.6 Å². The fourth-order valence-corrected chi connectivity index (χ4v) is 3.16. The van der Waals surface area contributed by atoms with Crippen molar-refractivity contribution in [2.45, 2.75) is 13.0 Å². The maximum atomic E-state index is 12.1. The van der Waals surface area contributed by atoms with Gasteiger partial charge in [-0.05, 0) is 23.3 Å². The summed E-state index contributed by atoms with van der Waals surface area (Å²) in [5, 5.41) is 4.35. The molecule has 1 amide bonds. The van der Waals surface area contributed by atoms with Gasteiger partial charge in [0.2, 0.25) is 11.0 Å². The minimum atomic E-state index is -0.0502. The minimum absolute atomic E-state index is 0.0502. The maximum absolute atomic E-state index is 12.1. The minimum Gasteiger partial charge on any atom is -0.350 e. The molecule has 0 aliphatic rings. The molecule has 7 heteroatoms. The highest BCUT2D eigenvalue weighted by Crippen LogP contribution is 2.18. The Hall–Kier alpha value is -2.44. The summed E-state index contributed by atoms with van der Waals surface area (Å²) >= 11 is 7.20. The van der Waals surface area contributed by atoms with E-state index in [-0.39, 0.29) is 12.5 Å². The highest BCUT2D eigenvalue weighted by Gasteiger charge is 2.12. The van der Waals surface area contributed by atoms with Crippen LogP contribution in [0.15, 0.2) is 54.6 Å². The van der Waals surface area contributed by atoms with E-state index in [9.17, 15) is 4.79 Å². The van der Waals surface area contributed by atoms with Crippen molar-refractivity contribution < 1.29 is 4.79 Å². The summed E-state index contributed by atoms with van der Waals surface area (Å²) in [5.41, 5.74) is 2.17. The van der Waals surface area contributed by atoms with Crippen molar-refractivity contribution in [2.75, 3.05) is 18.5 Å². The predicted octanol–water partition coefficient (Wildman–Crippen LogP) is 3.53. The van der Waals surface area contributed by atoms with Crippen LogP contribution in [0.2, 0.25) is 5.02 Å². The number of nitrogens with zero attached hydrogens (tertiary/aromatic N) is 3. The molecule has 0 fully saturated rings. The van der Waals surface area contributed by atoms with E-state index in [1.165, 1.54) is 11.5 Å². The summed E-state index contributed by atoms with van der Waals surface area (Å²) in [5.74, 6) is 0.690. The van der Waals surface area contributed by atoms with Crippen LogP contribution in [0.4, 0.5) is 5.13 Å². The summed E-state index contributed by atoms with van der Waals surface area (Å²) in [4.78, 5) is 18.4. The molecule has 0 unspecified atom stereocenters. The molecule has 1 heterocycles. The first kappa shape index (κ1) is 18.4. The number of hydrogen-bond donors (Lipinski definition) is 1. The molecule has 0 bridgehead atoms. The molecule has 0 spiro atoms. The third-order valence-corrected chi connectivity index (χ3v) is 4.89. The molecule has 0 saturated carbocycles. The van der Waals surface area contributed by atoms with Gasteiger partial charge in [-0.1, -0.05) is 54.1 Å². The van der Waals surface area contributed by atoms with Crippen LogP contribution in [-0.4, -0.2) is 28.9 Å². The van der Waals surface area contributed by atoms with Gasteiger partial charge < -0.3 is 10.2 Å². The van der Waals surface area contributed by atoms with E-state index in [2.05, 4.69) is 14.7 Å². The Kier molecular flexibility index (Phi) is 6.20. The van der Waals surface area contributed by atoms with Crippen LogP contribution < -0.4 is 10.2 Å². The summed E-state index contributed by atoms with van der Waals surface area (Å²) in [6.45, 7) is 0.758. The molecular formula is C19H19ClN4OS. The van der Waals surface area contributed by atoms with Gasteiger partial charge in [0, 0.05) is 36.6 Å². The smallest absolute Gasteiger partial charge is 0.239 e. The van der Waals surface area contributed by atoms with Crippen LogP contribution in [0.3, 0.4) is 0 Å². The van der Waals surface area contributed by atoms with Gasteiger partial charge in [0.15, 0.2) is 0 Å². The zero-order valence-corrected chi connectivity index (χ0v) is 15.9. The number of rotatable bonds is 7. The molecule has 0 atom stereocenters. The van der Waals surface area contributed by atoms with Gasteiger partial charge in [0.25, 0.3) is 0 Å². The Morgan fingerprint density at radius 3 is 2.58 bits per heavy atom.